The van der Waals surface area contributed by atoms with E-state index >= 15 is 0 Å². The van der Waals surface area contributed by atoms with Crippen molar-refractivity contribution < 1.29 is 0 Å². The first-order valence-electron chi connectivity index (χ1n) is 36.1. The monoisotopic (exact) mass is 1060 g/mol. The molecule has 14 atom stereocenters. The van der Waals surface area contributed by atoms with E-state index in [1.807, 2.05) is 0 Å². The molecule has 1 spiro atoms. The third-order valence-corrected chi connectivity index (χ3v) is 30.0. The molecule has 2 aliphatic heterocycles. The molecule has 10 aliphatic carbocycles. The summed E-state index contributed by atoms with van der Waals surface area (Å²) in [5.41, 5.74) is 2.54. The fraction of sp³-hybridized carbons (Fsp3) is 1.00. The molecule has 2 nitrogen and oxygen atoms in total. The fourth-order valence-corrected chi connectivity index (χ4v) is 25.9. The smallest absolute Gasteiger partial charge is 0.0257 e. The highest BCUT2D eigenvalue weighted by molar-refractivity contribution is 5.24. The van der Waals surface area contributed by atoms with Crippen molar-refractivity contribution in [2.24, 2.45) is 157 Å². The molecule has 12 aliphatic rings. The Kier molecular flexibility index (Phi) is 16.7. The first-order valence-corrected chi connectivity index (χ1v) is 36.1. The van der Waals surface area contributed by atoms with Crippen LogP contribution < -0.4 is 10.6 Å². The van der Waals surface area contributed by atoms with Crippen LogP contribution >= 0.6 is 0 Å². The number of hydrogen-bond acceptors (Lipinski definition) is 2. The van der Waals surface area contributed by atoms with Crippen LogP contribution in [0.15, 0.2) is 0 Å². The van der Waals surface area contributed by atoms with Crippen LogP contribution in [0.1, 0.15) is 289 Å². The van der Waals surface area contributed by atoms with E-state index in [0.29, 0.717) is 27.1 Å². The minimum absolute atomic E-state index is 0.485. The van der Waals surface area contributed by atoms with Gasteiger partial charge in [-0.3, -0.25) is 0 Å². The summed E-state index contributed by atoms with van der Waals surface area (Å²) in [4.78, 5) is 0. The predicted octanol–water partition coefficient (Wildman–Crippen LogP) is 20.3. The molecule has 0 aromatic rings. The molecule has 12 rings (SSSR count). The summed E-state index contributed by atoms with van der Waals surface area (Å²) in [7, 11) is 0. The topological polar surface area (TPSA) is 24.1 Å². The van der Waals surface area contributed by atoms with Gasteiger partial charge in [0.2, 0.25) is 0 Å². The molecule has 77 heavy (non-hydrogen) atoms. The normalized spacial score (nSPS) is 50.3. The van der Waals surface area contributed by atoms with Crippen molar-refractivity contribution in [2.45, 2.75) is 301 Å². The van der Waals surface area contributed by atoms with E-state index in [1.165, 1.54) is 77.3 Å². The Morgan fingerprint density at radius 1 is 0.247 bits per heavy atom. The highest BCUT2D eigenvalue weighted by atomic mass is 15.1. The summed E-state index contributed by atoms with van der Waals surface area (Å²) < 4.78 is 0. The molecule has 0 amide bonds. The first kappa shape index (κ1) is 57.4. The number of nitrogens with one attached hydrogen (secondary N) is 2. The van der Waals surface area contributed by atoms with E-state index in [-0.39, 0.29) is 0 Å². The van der Waals surface area contributed by atoms with Gasteiger partial charge in [0.1, 0.15) is 0 Å². The lowest BCUT2D eigenvalue weighted by atomic mass is 9.50. The first-order chi connectivity index (χ1) is 36.6. The minimum atomic E-state index is 0.485. The van der Waals surface area contributed by atoms with Gasteiger partial charge in [-0.25, -0.2) is 0 Å². The van der Waals surface area contributed by atoms with Crippen molar-refractivity contribution in [3.8, 4) is 0 Å². The zero-order valence-electron chi connectivity index (χ0n) is 53.4. The molecule has 440 valence electrons. The van der Waals surface area contributed by atoms with E-state index in [0.717, 1.165) is 142 Å². The van der Waals surface area contributed by atoms with Crippen LogP contribution in [-0.2, 0) is 0 Å². The van der Waals surface area contributed by atoms with Crippen molar-refractivity contribution in [1.82, 2.24) is 10.6 Å². The molecule has 2 heteroatoms. The van der Waals surface area contributed by atoms with Gasteiger partial charge in [0.15, 0.2) is 0 Å². The Bertz CT molecular complexity index is 1680. The highest BCUT2D eigenvalue weighted by Gasteiger charge is 2.73. The van der Waals surface area contributed by atoms with Gasteiger partial charge in [0.05, 0.1) is 0 Å². The lowest BCUT2D eigenvalue weighted by Gasteiger charge is -2.55. The van der Waals surface area contributed by atoms with Gasteiger partial charge < -0.3 is 10.6 Å². The van der Waals surface area contributed by atoms with Gasteiger partial charge in [-0.05, 0) is 376 Å². The molecule has 2 saturated heterocycles. The van der Waals surface area contributed by atoms with Crippen molar-refractivity contribution in [2.75, 3.05) is 13.1 Å². The summed E-state index contributed by atoms with van der Waals surface area (Å²) >= 11 is 0. The molecule has 0 bridgehead atoms. The number of fused-ring (bicyclic) bond motifs is 10. The molecule has 0 aromatic heterocycles. The second-order valence-electron chi connectivity index (χ2n) is 37.0. The van der Waals surface area contributed by atoms with E-state index < -0.39 is 0 Å². The third-order valence-electron chi connectivity index (χ3n) is 30.0. The second-order valence-corrected chi connectivity index (χ2v) is 37.0. The zero-order chi connectivity index (χ0) is 53.8. The summed E-state index contributed by atoms with van der Waals surface area (Å²) in [6, 6.07) is 1.50. The van der Waals surface area contributed by atoms with Gasteiger partial charge in [-0.15, -0.1) is 0 Å². The van der Waals surface area contributed by atoms with Crippen molar-refractivity contribution in [3.63, 3.8) is 0 Å². The standard InChI is InChI=1S/C75H130N2/c1-71(2,3)59-27-17-47(18-28-59)53-39-54(48-19-29-60(30-20-48)72(4,5)6)42-57(41-53)51-25-35-63-64-36-26-52(46-68(64)75(67(63)45-51)65-15-13-37-76-69(65)70-66(75)16-14-38-77-70)58-43-55(49-21-31-61(32-22-49)73(7,8)9)40-56(44-58)50-23-33-62(34-24-50)74(10,11)12/h47-70,76-77H,13-46H2,1-12H3. The molecule has 2 N–H and O–H groups in total. The van der Waals surface area contributed by atoms with Crippen LogP contribution in [0.2, 0.25) is 0 Å². The van der Waals surface area contributed by atoms with Crippen LogP contribution in [0, 0.1) is 157 Å². The average molecular weight is 1060 g/mol. The Balaban J connectivity index is 0.829. The van der Waals surface area contributed by atoms with Gasteiger partial charge in [-0.1, -0.05) is 83.1 Å². The number of hydrogen-bond donors (Lipinski definition) is 2. The van der Waals surface area contributed by atoms with E-state index in [9.17, 15) is 0 Å². The maximum atomic E-state index is 4.43. The molecule has 0 radical (unpaired) electrons. The second kappa shape index (κ2) is 22.4. The SMILES string of the molecule is CC(C)(C)C1CCC(C2CC(C3CCC(C(C)(C)C)CC3)CC(C3CCC4C5CCC(C6CC(C7CCC(C(C)(C)C)CC7)CC(C7CCC(C(C)(C)C)CC7)C6)CC5C5(C4C3)C3CCCNC3C3NCCCC35)C2)CC1. The molecule has 10 saturated carbocycles. The molecular weight excluding hydrogens is 929 g/mol. The van der Waals surface area contributed by atoms with Gasteiger partial charge in [0, 0.05) is 12.1 Å². The van der Waals surface area contributed by atoms with Crippen molar-refractivity contribution >= 4 is 0 Å². The van der Waals surface area contributed by atoms with Crippen LogP contribution in [0.25, 0.3) is 0 Å². The van der Waals surface area contributed by atoms with Crippen LogP contribution in [0.3, 0.4) is 0 Å². The largest absolute Gasteiger partial charge is 0.312 e. The quantitative estimate of drug-likeness (QED) is 0.277. The summed E-state index contributed by atoms with van der Waals surface area (Å²) in [6.07, 6.45) is 50.1. The van der Waals surface area contributed by atoms with Gasteiger partial charge in [0.25, 0.3) is 0 Å². The van der Waals surface area contributed by atoms with Crippen LogP contribution in [0.5, 0.6) is 0 Å². The minimum Gasteiger partial charge on any atom is -0.312 e. The van der Waals surface area contributed by atoms with E-state index in [1.54, 1.807) is 141 Å². The summed E-state index contributed by atoms with van der Waals surface area (Å²) in [5.74, 6) is 22.0. The Hall–Kier alpha value is -0.0800. The Morgan fingerprint density at radius 2 is 0.494 bits per heavy atom. The maximum absolute atomic E-state index is 4.43. The predicted molar refractivity (Wildman–Crippen MR) is 328 cm³/mol. The Morgan fingerprint density at radius 3 is 0.753 bits per heavy atom. The average Bonchev–Trinajstić information content (AvgIpc) is 4.06. The molecule has 2 heterocycles. The lowest BCUT2D eigenvalue weighted by Crippen LogP contribution is -2.53. The zero-order valence-corrected chi connectivity index (χ0v) is 53.4. The molecular formula is C75H130N2. The summed E-state index contributed by atoms with van der Waals surface area (Å²) in [5, 5.41) is 8.85. The van der Waals surface area contributed by atoms with Crippen LogP contribution in [0.4, 0.5) is 0 Å². The highest BCUT2D eigenvalue weighted by Crippen LogP contribution is 2.76. The van der Waals surface area contributed by atoms with Gasteiger partial charge >= 0.3 is 0 Å². The van der Waals surface area contributed by atoms with Gasteiger partial charge in [-0.2, -0.15) is 0 Å². The third kappa shape index (κ3) is 11.3. The van der Waals surface area contributed by atoms with E-state index in [4.69, 9.17) is 0 Å². The number of piperidine rings is 2. The number of rotatable bonds is 6. The van der Waals surface area contributed by atoms with Crippen molar-refractivity contribution in [1.29, 1.82) is 0 Å². The van der Waals surface area contributed by atoms with Crippen molar-refractivity contribution in [3.05, 3.63) is 0 Å². The summed E-state index contributed by atoms with van der Waals surface area (Å²) in [6.45, 7) is 33.3. The van der Waals surface area contributed by atoms with Crippen LogP contribution in [-0.4, -0.2) is 25.2 Å². The molecule has 14 unspecified atom stereocenters. The Labute approximate surface area is 479 Å². The molecule has 0 aromatic carbocycles. The fourth-order valence-electron chi connectivity index (χ4n) is 25.9. The lowest BCUT2D eigenvalue weighted by molar-refractivity contribution is -0.0606. The maximum Gasteiger partial charge on any atom is 0.0257 e. The molecule has 12 fully saturated rings. The van der Waals surface area contributed by atoms with E-state index in [2.05, 4.69) is 93.7 Å².